The first kappa shape index (κ1) is 17.9. The van der Waals surface area contributed by atoms with Gasteiger partial charge in [0, 0.05) is 16.4 Å². The van der Waals surface area contributed by atoms with Gasteiger partial charge in [-0.2, -0.15) is 5.10 Å². The van der Waals surface area contributed by atoms with Crippen molar-refractivity contribution in [1.29, 1.82) is 0 Å². The summed E-state index contributed by atoms with van der Waals surface area (Å²) in [5.74, 6) is -2.15. The molecule has 27 heavy (non-hydrogen) atoms. The molecule has 0 saturated carbocycles. The highest BCUT2D eigenvalue weighted by Crippen LogP contribution is 2.38. The van der Waals surface area contributed by atoms with Gasteiger partial charge in [0.2, 0.25) is 5.91 Å². The third-order valence-electron chi connectivity index (χ3n) is 4.57. The van der Waals surface area contributed by atoms with E-state index in [0.717, 1.165) is 9.37 Å². The Morgan fingerprint density at radius 2 is 1.78 bits per heavy atom. The number of anilines is 2. The summed E-state index contributed by atoms with van der Waals surface area (Å²) in [6, 6.07) is 12.7. The lowest BCUT2D eigenvalue weighted by Crippen LogP contribution is -2.39. The van der Waals surface area contributed by atoms with Gasteiger partial charge >= 0.3 is 0 Å². The van der Waals surface area contributed by atoms with Crippen molar-refractivity contribution in [2.24, 2.45) is 11.0 Å². The molecule has 2 amide bonds. The molecule has 2 heterocycles. The summed E-state index contributed by atoms with van der Waals surface area (Å²) in [6.07, 6.45) is 0. The number of carbonyl (C=O) groups is 3. The zero-order valence-corrected chi connectivity index (χ0v) is 16.4. The number of amides is 2. The number of benzene rings is 2. The Morgan fingerprint density at radius 3 is 2.41 bits per heavy atom. The first-order valence-electron chi connectivity index (χ1n) is 8.16. The van der Waals surface area contributed by atoms with E-state index in [-0.39, 0.29) is 11.5 Å². The molecule has 1 fully saturated rings. The maximum Gasteiger partial charge on any atom is 0.259 e. The Balaban J connectivity index is 1.80. The maximum atomic E-state index is 13.2. The van der Waals surface area contributed by atoms with Gasteiger partial charge in [-0.15, -0.1) is 0 Å². The summed E-state index contributed by atoms with van der Waals surface area (Å²) in [4.78, 5) is 39.4. The SMILES string of the molecule is CC(=O)C1=NN(c2cccc(Cl)c2)C2C(=O)N(c3ccc(Br)cc3)C(=O)C12. The molecule has 136 valence electrons. The molecule has 2 aliphatic rings. The van der Waals surface area contributed by atoms with E-state index in [1.165, 1.54) is 11.9 Å². The van der Waals surface area contributed by atoms with Crippen molar-refractivity contribution < 1.29 is 14.4 Å². The minimum absolute atomic E-state index is 0.0814. The highest BCUT2D eigenvalue weighted by Gasteiger charge is 2.58. The van der Waals surface area contributed by atoms with Crippen molar-refractivity contribution in [1.82, 2.24) is 0 Å². The standard InChI is InChI=1S/C19H13BrClN3O3/c1-10(25)16-15-17(24(22-16)14-4-2-3-12(21)9-14)19(27)23(18(15)26)13-7-5-11(20)6-8-13/h2-9,15,17H,1H3. The number of hydrogen-bond donors (Lipinski definition) is 0. The molecule has 4 rings (SSSR count). The van der Waals surface area contributed by atoms with E-state index in [1.807, 2.05) is 0 Å². The van der Waals surface area contributed by atoms with Crippen molar-refractivity contribution in [3.63, 3.8) is 0 Å². The average molecular weight is 447 g/mol. The van der Waals surface area contributed by atoms with Crippen LogP contribution in [0.1, 0.15) is 6.92 Å². The van der Waals surface area contributed by atoms with Crippen molar-refractivity contribution in [2.45, 2.75) is 13.0 Å². The summed E-state index contributed by atoms with van der Waals surface area (Å²) in [6.45, 7) is 1.34. The molecule has 1 saturated heterocycles. The predicted molar refractivity (Wildman–Crippen MR) is 106 cm³/mol. The van der Waals surface area contributed by atoms with Crippen molar-refractivity contribution in [3.05, 3.63) is 58.0 Å². The van der Waals surface area contributed by atoms with Crippen molar-refractivity contribution >= 4 is 62.2 Å². The van der Waals surface area contributed by atoms with Crippen LogP contribution in [0.3, 0.4) is 0 Å². The van der Waals surface area contributed by atoms with E-state index < -0.39 is 23.8 Å². The highest BCUT2D eigenvalue weighted by molar-refractivity contribution is 9.10. The number of fused-ring (bicyclic) bond motifs is 1. The third kappa shape index (κ3) is 2.87. The zero-order valence-electron chi connectivity index (χ0n) is 14.1. The van der Waals surface area contributed by atoms with Crippen LogP contribution >= 0.6 is 27.5 Å². The largest absolute Gasteiger partial charge is 0.293 e. The van der Waals surface area contributed by atoms with Gasteiger partial charge in [0.15, 0.2) is 5.78 Å². The van der Waals surface area contributed by atoms with Crippen LogP contribution in [0.5, 0.6) is 0 Å². The lowest BCUT2D eigenvalue weighted by atomic mass is 9.95. The second-order valence-electron chi connectivity index (χ2n) is 6.28. The van der Waals surface area contributed by atoms with Gasteiger partial charge in [-0.3, -0.25) is 19.4 Å². The zero-order chi connectivity index (χ0) is 19.3. The molecule has 0 radical (unpaired) electrons. The van der Waals surface area contributed by atoms with Gasteiger partial charge in [-0.05, 0) is 42.5 Å². The van der Waals surface area contributed by atoms with E-state index in [2.05, 4.69) is 21.0 Å². The number of rotatable bonds is 3. The van der Waals surface area contributed by atoms with Crippen LogP contribution in [0, 0.1) is 5.92 Å². The summed E-state index contributed by atoms with van der Waals surface area (Å²) in [5.41, 5.74) is 1.09. The monoisotopic (exact) mass is 445 g/mol. The molecular weight excluding hydrogens is 434 g/mol. The number of ketones is 1. The van der Waals surface area contributed by atoms with Gasteiger partial charge in [-0.1, -0.05) is 33.6 Å². The number of nitrogens with zero attached hydrogens (tertiary/aromatic N) is 3. The summed E-state index contributed by atoms with van der Waals surface area (Å²) in [7, 11) is 0. The lowest BCUT2D eigenvalue weighted by Gasteiger charge is -2.22. The van der Waals surface area contributed by atoms with Crippen molar-refractivity contribution in [2.75, 3.05) is 9.91 Å². The number of imide groups is 1. The number of carbonyl (C=O) groups excluding carboxylic acids is 3. The van der Waals surface area contributed by atoms with Crippen molar-refractivity contribution in [3.8, 4) is 0 Å². The molecule has 0 aliphatic carbocycles. The fourth-order valence-corrected chi connectivity index (χ4v) is 3.83. The van der Waals surface area contributed by atoms with Crippen LogP contribution in [-0.4, -0.2) is 29.4 Å². The first-order valence-corrected chi connectivity index (χ1v) is 9.33. The fraction of sp³-hybridized carbons (Fsp3) is 0.158. The molecule has 2 aromatic rings. The van der Waals surface area contributed by atoms with Gasteiger partial charge in [0.25, 0.3) is 5.91 Å². The summed E-state index contributed by atoms with van der Waals surface area (Å²) in [5, 5.41) is 6.18. The Labute approximate surface area is 168 Å². The Kier molecular flexibility index (Phi) is 4.36. The minimum atomic E-state index is -0.933. The summed E-state index contributed by atoms with van der Waals surface area (Å²) >= 11 is 9.40. The van der Waals surface area contributed by atoms with E-state index in [4.69, 9.17) is 11.6 Å². The van der Waals surface area contributed by atoms with Crippen LogP contribution in [0.2, 0.25) is 5.02 Å². The normalized spacial score (nSPS) is 21.5. The number of Topliss-reactive ketones (excluding diaryl/α,β-unsaturated/α-hetero) is 1. The van der Waals surface area contributed by atoms with Crippen LogP contribution in [0.4, 0.5) is 11.4 Å². The number of hydrogen-bond acceptors (Lipinski definition) is 5. The molecule has 0 aromatic heterocycles. The molecule has 6 nitrogen and oxygen atoms in total. The fourth-order valence-electron chi connectivity index (χ4n) is 3.38. The molecule has 0 bridgehead atoms. The Hall–Kier alpha value is -2.51. The molecule has 2 unspecified atom stereocenters. The van der Waals surface area contributed by atoms with E-state index in [0.29, 0.717) is 16.4 Å². The molecule has 0 spiro atoms. The van der Waals surface area contributed by atoms with Crippen LogP contribution in [-0.2, 0) is 14.4 Å². The highest BCUT2D eigenvalue weighted by atomic mass is 79.9. The van der Waals surface area contributed by atoms with Crippen LogP contribution in [0.25, 0.3) is 0 Å². The molecule has 2 atom stereocenters. The van der Waals surface area contributed by atoms with Crippen LogP contribution in [0.15, 0.2) is 58.1 Å². The lowest BCUT2D eigenvalue weighted by molar-refractivity contribution is -0.122. The summed E-state index contributed by atoms with van der Waals surface area (Å²) < 4.78 is 0.831. The Morgan fingerprint density at radius 1 is 1.07 bits per heavy atom. The quantitative estimate of drug-likeness (QED) is 0.678. The average Bonchev–Trinajstić information content (AvgIpc) is 3.14. The predicted octanol–water partition coefficient (Wildman–Crippen LogP) is 3.43. The van der Waals surface area contributed by atoms with E-state index in [9.17, 15) is 14.4 Å². The molecule has 8 heteroatoms. The molecule has 0 N–H and O–H groups in total. The first-order chi connectivity index (χ1) is 12.9. The van der Waals surface area contributed by atoms with Gasteiger partial charge in [0.1, 0.15) is 17.7 Å². The number of halogens is 2. The van der Waals surface area contributed by atoms with E-state index in [1.54, 1.807) is 48.5 Å². The molecule has 2 aromatic carbocycles. The molecular formula is C19H13BrClN3O3. The van der Waals surface area contributed by atoms with Gasteiger partial charge < -0.3 is 0 Å². The van der Waals surface area contributed by atoms with Gasteiger partial charge in [0.05, 0.1) is 11.4 Å². The minimum Gasteiger partial charge on any atom is -0.293 e. The van der Waals surface area contributed by atoms with Crippen LogP contribution < -0.4 is 9.91 Å². The van der Waals surface area contributed by atoms with Gasteiger partial charge in [-0.25, -0.2) is 4.90 Å². The third-order valence-corrected chi connectivity index (χ3v) is 5.33. The van der Waals surface area contributed by atoms with E-state index >= 15 is 0 Å². The maximum absolute atomic E-state index is 13.2. The number of hydrazone groups is 1. The Bertz CT molecular complexity index is 1010. The topological polar surface area (TPSA) is 70.1 Å². The second-order valence-corrected chi connectivity index (χ2v) is 7.63. The second kappa shape index (κ2) is 6.58. The molecule has 2 aliphatic heterocycles. The smallest absolute Gasteiger partial charge is 0.259 e.